The van der Waals surface area contributed by atoms with Crippen LogP contribution in [0.2, 0.25) is 0 Å². The topological polar surface area (TPSA) is 54.7 Å². The SMILES string of the molecule is N#Cc1cccc2c1OC1=CCCC=C1C2=C1CC2CCC(C1)N2OOC(F)(F)F. The van der Waals surface area contributed by atoms with E-state index in [1.54, 1.807) is 6.07 Å². The minimum Gasteiger partial charge on any atom is -0.455 e. The van der Waals surface area contributed by atoms with Gasteiger partial charge in [0.2, 0.25) is 0 Å². The van der Waals surface area contributed by atoms with Gasteiger partial charge < -0.3 is 4.74 Å². The second-order valence-corrected chi connectivity index (χ2v) is 7.89. The molecule has 0 amide bonds. The van der Waals surface area contributed by atoms with Crippen molar-refractivity contribution in [3.8, 4) is 11.8 Å². The summed E-state index contributed by atoms with van der Waals surface area (Å²) in [5.41, 5.74) is 4.56. The number of ether oxygens (including phenoxy) is 1. The Balaban J connectivity index is 1.54. The molecule has 0 N–H and O–H groups in total. The third-order valence-electron chi connectivity index (χ3n) is 6.08. The van der Waals surface area contributed by atoms with Crippen molar-refractivity contribution >= 4 is 5.57 Å². The summed E-state index contributed by atoms with van der Waals surface area (Å²) in [4.78, 5) is 8.31. The Labute approximate surface area is 171 Å². The van der Waals surface area contributed by atoms with Crippen molar-refractivity contribution < 1.29 is 27.8 Å². The highest BCUT2D eigenvalue weighted by molar-refractivity contribution is 5.91. The zero-order valence-corrected chi connectivity index (χ0v) is 16.0. The van der Waals surface area contributed by atoms with Crippen LogP contribution in [0, 0.1) is 11.3 Å². The first-order valence-corrected chi connectivity index (χ1v) is 10.00. The summed E-state index contributed by atoms with van der Waals surface area (Å²) in [7, 11) is 0. The van der Waals surface area contributed by atoms with Crippen LogP contribution in [0.4, 0.5) is 13.2 Å². The van der Waals surface area contributed by atoms with Crippen molar-refractivity contribution in [2.24, 2.45) is 0 Å². The third kappa shape index (κ3) is 3.33. The maximum atomic E-state index is 12.4. The fourth-order valence-electron chi connectivity index (χ4n) is 4.93. The van der Waals surface area contributed by atoms with Crippen LogP contribution in [0.25, 0.3) is 5.57 Å². The van der Waals surface area contributed by atoms with Crippen LogP contribution in [0.1, 0.15) is 49.7 Å². The fourth-order valence-corrected chi connectivity index (χ4v) is 4.93. The Morgan fingerprint density at radius 1 is 1.10 bits per heavy atom. The molecule has 3 aliphatic heterocycles. The summed E-state index contributed by atoms with van der Waals surface area (Å²) in [6.07, 6.45) is 3.76. The van der Waals surface area contributed by atoms with E-state index in [0.717, 1.165) is 53.7 Å². The summed E-state index contributed by atoms with van der Waals surface area (Å²) in [6.45, 7) is 0. The van der Waals surface area contributed by atoms with Gasteiger partial charge in [-0.2, -0.15) is 5.26 Å². The van der Waals surface area contributed by atoms with Gasteiger partial charge in [-0.25, -0.2) is 0 Å². The van der Waals surface area contributed by atoms with E-state index in [1.165, 1.54) is 5.06 Å². The molecule has 1 aromatic carbocycles. The Morgan fingerprint density at radius 3 is 2.53 bits per heavy atom. The molecule has 5 nitrogen and oxygen atoms in total. The van der Waals surface area contributed by atoms with Gasteiger partial charge in [0.15, 0.2) is 5.75 Å². The summed E-state index contributed by atoms with van der Waals surface area (Å²) < 4.78 is 43.4. The average Bonchev–Trinajstić information content (AvgIpc) is 2.97. The van der Waals surface area contributed by atoms with Crippen LogP contribution in [0.15, 0.2) is 47.3 Å². The zero-order chi connectivity index (χ0) is 20.9. The molecule has 2 atom stereocenters. The van der Waals surface area contributed by atoms with Crippen molar-refractivity contribution in [1.29, 1.82) is 5.26 Å². The average molecular weight is 416 g/mol. The number of nitriles is 1. The second kappa shape index (κ2) is 7.27. The third-order valence-corrected chi connectivity index (χ3v) is 6.08. The van der Waals surface area contributed by atoms with Gasteiger partial charge in [0.05, 0.1) is 5.56 Å². The van der Waals surface area contributed by atoms with E-state index in [4.69, 9.17) is 4.74 Å². The molecule has 0 saturated carbocycles. The molecule has 0 spiro atoms. The number of hydrogen-bond acceptors (Lipinski definition) is 5. The first kappa shape index (κ1) is 19.4. The van der Waals surface area contributed by atoms with Gasteiger partial charge in [0, 0.05) is 23.2 Å². The van der Waals surface area contributed by atoms with Crippen molar-refractivity contribution in [3.05, 3.63) is 58.4 Å². The van der Waals surface area contributed by atoms with E-state index in [2.05, 4.69) is 22.0 Å². The largest absolute Gasteiger partial charge is 0.550 e. The molecule has 0 radical (unpaired) electrons. The van der Waals surface area contributed by atoms with Gasteiger partial charge in [-0.3, -0.25) is 0 Å². The summed E-state index contributed by atoms with van der Waals surface area (Å²) >= 11 is 0. The number of piperidine rings is 1. The molecule has 0 aromatic heterocycles. The van der Waals surface area contributed by atoms with Crippen LogP contribution in [0.3, 0.4) is 0 Å². The molecule has 2 saturated heterocycles. The number of alkyl halides is 3. The number of halogens is 3. The summed E-state index contributed by atoms with van der Waals surface area (Å²) in [6, 6.07) is 7.34. The molecule has 2 bridgehead atoms. The molecule has 4 aliphatic rings. The van der Waals surface area contributed by atoms with E-state index in [1.807, 2.05) is 18.2 Å². The van der Waals surface area contributed by atoms with Crippen LogP contribution in [0.5, 0.6) is 5.75 Å². The molecular formula is C22H19F3N2O3. The van der Waals surface area contributed by atoms with Gasteiger partial charge in [0.1, 0.15) is 11.8 Å². The van der Waals surface area contributed by atoms with Crippen LogP contribution in [-0.2, 0) is 9.88 Å². The highest BCUT2D eigenvalue weighted by Gasteiger charge is 2.44. The molecule has 2 unspecified atom stereocenters. The Hall–Kier alpha value is -2.60. The fraction of sp³-hybridized carbons (Fsp3) is 0.409. The highest BCUT2D eigenvalue weighted by Crippen LogP contribution is 2.50. The van der Waals surface area contributed by atoms with E-state index < -0.39 is 6.36 Å². The molecule has 3 heterocycles. The van der Waals surface area contributed by atoms with Crippen LogP contribution < -0.4 is 4.74 Å². The van der Waals surface area contributed by atoms with E-state index in [-0.39, 0.29) is 12.1 Å². The van der Waals surface area contributed by atoms with Crippen molar-refractivity contribution in [1.82, 2.24) is 5.06 Å². The quantitative estimate of drug-likeness (QED) is 0.483. The number of rotatable bonds is 2. The molecule has 1 aromatic rings. The monoisotopic (exact) mass is 416 g/mol. The molecule has 156 valence electrons. The number of fused-ring (bicyclic) bond motifs is 4. The van der Waals surface area contributed by atoms with Crippen molar-refractivity contribution in [3.63, 3.8) is 0 Å². The predicted octanol–water partition coefficient (Wildman–Crippen LogP) is 5.32. The number of benzene rings is 1. The molecule has 5 rings (SSSR count). The van der Waals surface area contributed by atoms with Crippen LogP contribution in [-0.4, -0.2) is 23.5 Å². The minimum atomic E-state index is -4.84. The van der Waals surface area contributed by atoms with E-state index in [0.29, 0.717) is 24.2 Å². The summed E-state index contributed by atoms with van der Waals surface area (Å²) in [5.74, 6) is 1.31. The molecule has 2 fully saturated rings. The highest BCUT2D eigenvalue weighted by atomic mass is 19.4. The second-order valence-electron chi connectivity index (χ2n) is 7.89. The Morgan fingerprint density at radius 2 is 1.83 bits per heavy atom. The van der Waals surface area contributed by atoms with Crippen molar-refractivity contribution in [2.75, 3.05) is 0 Å². The lowest BCUT2D eigenvalue weighted by molar-refractivity contribution is -0.555. The summed E-state index contributed by atoms with van der Waals surface area (Å²) in [5, 5.41) is 10.9. The maximum Gasteiger partial charge on any atom is 0.550 e. The Kier molecular flexibility index (Phi) is 4.69. The number of para-hydroxylation sites is 1. The lowest BCUT2D eigenvalue weighted by Gasteiger charge is -2.36. The smallest absolute Gasteiger partial charge is 0.455 e. The number of hydrogen-bond donors (Lipinski definition) is 0. The number of hydroxylamine groups is 2. The Bertz CT molecular complexity index is 1000. The molecular weight excluding hydrogens is 397 g/mol. The van der Waals surface area contributed by atoms with Crippen molar-refractivity contribution in [2.45, 2.75) is 57.0 Å². The first-order chi connectivity index (χ1) is 14.4. The van der Waals surface area contributed by atoms with Gasteiger partial charge in [-0.15, -0.1) is 28.1 Å². The number of allylic oxidation sites excluding steroid dienone is 3. The van der Waals surface area contributed by atoms with Crippen LogP contribution >= 0.6 is 0 Å². The molecule has 30 heavy (non-hydrogen) atoms. The predicted molar refractivity (Wildman–Crippen MR) is 100 cm³/mol. The van der Waals surface area contributed by atoms with E-state index >= 15 is 0 Å². The molecule has 1 aliphatic carbocycles. The zero-order valence-electron chi connectivity index (χ0n) is 16.0. The lowest BCUT2D eigenvalue weighted by atomic mass is 9.81. The normalized spacial score (nSPS) is 25.7. The number of nitrogens with zero attached hydrogens (tertiary/aromatic N) is 2. The van der Waals surface area contributed by atoms with Gasteiger partial charge in [-0.1, -0.05) is 23.8 Å². The minimum absolute atomic E-state index is 0.185. The molecule has 8 heteroatoms. The standard InChI is InChI=1S/C22H19F3N2O3/c23-22(24,25)29-30-27-15-8-9-16(27)11-14(10-15)20-17-5-1-2-7-19(17)28-21-13(12-26)4-3-6-18(20)21/h3-7,15-16H,1-2,8-11H2. The van der Waals surface area contributed by atoms with E-state index in [9.17, 15) is 18.4 Å². The first-order valence-electron chi connectivity index (χ1n) is 10.00. The lowest BCUT2D eigenvalue weighted by Crippen LogP contribution is -2.42. The van der Waals surface area contributed by atoms with Gasteiger partial charge in [-0.05, 0) is 56.2 Å². The van der Waals surface area contributed by atoms with Gasteiger partial charge in [0.25, 0.3) is 0 Å². The van der Waals surface area contributed by atoms with Gasteiger partial charge >= 0.3 is 6.36 Å². The maximum absolute atomic E-state index is 12.4.